The largest absolute Gasteiger partial charge is 0.464 e. The first-order valence-corrected chi connectivity index (χ1v) is 15.6. The fourth-order valence-corrected chi connectivity index (χ4v) is 6.40. The van der Waals surface area contributed by atoms with Gasteiger partial charge in [0.15, 0.2) is 11.9 Å². The first kappa shape index (κ1) is 35.0. The van der Waals surface area contributed by atoms with Crippen molar-refractivity contribution >= 4 is 11.9 Å². The van der Waals surface area contributed by atoms with Crippen molar-refractivity contribution in [2.24, 2.45) is 0 Å². The number of esters is 2. The summed E-state index contributed by atoms with van der Waals surface area (Å²) in [6, 6.07) is 0. The van der Waals surface area contributed by atoms with Gasteiger partial charge >= 0.3 is 11.9 Å². The number of carbonyl (C=O) groups excluding carboxylic acids is 2. The van der Waals surface area contributed by atoms with Crippen molar-refractivity contribution in [1.29, 1.82) is 0 Å². The van der Waals surface area contributed by atoms with Gasteiger partial charge in [-0.05, 0) is 81.6 Å². The second-order valence-corrected chi connectivity index (χ2v) is 15.0. The molecule has 2 rings (SSSR count). The highest BCUT2D eigenvalue weighted by molar-refractivity contribution is 5.75. The molecule has 0 amide bonds. The molecule has 40 heavy (non-hydrogen) atoms. The monoisotopic (exact) mass is 568 g/mol. The van der Waals surface area contributed by atoms with Gasteiger partial charge in [-0.3, -0.25) is 4.79 Å². The summed E-state index contributed by atoms with van der Waals surface area (Å²) in [5, 5.41) is 7.27. The van der Waals surface area contributed by atoms with Crippen LogP contribution < -0.4 is 10.6 Å². The summed E-state index contributed by atoms with van der Waals surface area (Å²) in [6.07, 6.45) is 5.80. The van der Waals surface area contributed by atoms with E-state index in [9.17, 15) is 9.59 Å². The smallest absolute Gasteiger partial charge is 0.335 e. The Morgan fingerprint density at radius 3 is 2.15 bits per heavy atom. The lowest BCUT2D eigenvalue weighted by molar-refractivity contribution is -0.310. The number of unbranched alkanes of at least 4 members (excludes halogenated alkanes) is 2. The van der Waals surface area contributed by atoms with Gasteiger partial charge in [-0.2, -0.15) is 0 Å². The third kappa shape index (κ3) is 11.9. The Bertz CT molecular complexity index is 823. The van der Waals surface area contributed by atoms with Crippen molar-refractivity contribution in [2.45, 2.75) is 187 Å². The van der Waals surface area contributed by atoms with Gasteiger partial charge in [0.25, 0.3) is 0 Å². The zero-order valence-corrected chi connectivity index (χ0v) is 27.5. The van der Waals surface area contributed by atoms with E-state index in [0.717, 1.165) is 38.5 Å². The van der Waals surface area contributed by atoms with Gasteiger partial charge in [-0.1, -0.05) is 26.7 Å². The molecule has 0 aromatic heterocycles. The highest BCUT2D eigenvalue weighted by Gasteiger charge is 2.44. The first-order chi connectivity index (χ1) is 18.3. The molecular formula is C32H60N2O6. The van der Waals surface area contributed by atoms with E-state index in [4.69, 9.17) is 18.9 Å². The van der Waals surface area contributed by atoms with Crippen LogP contribution in [0.15, 0.2) is 0 Å². The molecule has 0 aliphatic carbocycles. The Morgan fingerprint density at radius 1 is 0.950 bits per heavy atom. The third-order valence-corrected chi connectivity index (χ3v) is 8.16. The van der Waals surface area contributed by atoms with E-state index < -0.39 is 24.0 Å². The van der Waals surface area contributed by atoms with Crippen LogP contribution in [0, 0.1) is 0 Å². The van der Waals surface area contributed by atoms with Crippen molar-refractivity contribution < 1.29 is 28.5 Å². The van der Waals surface area contributed by atoms with Crippen LogP contribution in [-0.2, 0) is 28.5 Å². The standard InChI is InChI=1S/C32H60N2O6/c1-12-14-15-16-32(11)39-23(20-26(35)38-24-21-30(7,8)34-31(9,10)22-24)19-25(40-32)27(36)37-18-17-29(5,6)33-28(3,4)13-2/h23-25,33-34H,12-22H2,1-11H3. The van der Waals surface area contributed by atoms with Crippen molar-refractivity contribution in [1.82, 2.24) is 10.6 Å². The van der Waals surface area contributed by atoms with Crippen LogP contribution in [0.2, 0.25) is 0 Å². The average Bonchev–Trinajstić information content (AvgIpc) is 2.75. The van der Waals surface area contributed by atoms with Crippen molar-refractivity contribution in [3.8, 4) is 0 Å². The Hall–Kier alpha value is -1.22. The van der Waals surface area contributed by atoms with E-state index in [2.05, 4.69) is 79.9 Å². The van der Waals surface area contributed by atoms with Crippen molar-refractivity contribution in [2.75, 3.05) is 6.61 Å². The van der Waals surface area contributed by atoms with Crippen LogP contribution >= 0.6 is 0 Å². The molecule has 8 nitrogen and oxygen atoms in total. The van der Waals surface area contributed by atoms with Gasteiger partial charge < -0.3 is 29.6 Å². The lowest BCUT2D eigenvalue weighted by Gasteiger charge is -2.46. The lowest BCUT2D eigenvalue weighted by Crippen LogP contribution is -2.59. The zero-order chi connectivity index (χ0) is 30.4. The molecule has 2 aliphatic rings. The second-order valence-electron chi connectivity index (χ2n) is 15.0. The number of hydrogen-bond donors (Lipinski definition) is 2. The number of carbonyl (C=O) groups is 2. The molecule has 2 heterocycles. The lowest BCUT2D eigenvalue weighted by atomic mass is 9.81. The van der Waals surface area contributed by atoms with Gasteiger partial charge in [-0.15, -0.1) is 0 Å². The van der Waals surface area contributed by atoms with Crippen LogP contribution in [0.5, 0.6) is 0 Å². The number of hydrogen-bond acceptors (Lipinski definition) is 8. The van der Waals surface area contributed by atoms with Gasteiger partial charge in [0, 0.05) is 47.8 Å². The van der Waals surface area contributed by atoms with Crippen LogP contribution in [0.3, 0.4) is 0 Å². The summed E-state index contributed by atoms with van der Waals surface area (Å²) in [5.74, 6) is -1.64. The van der Waals surface area contributed by atoms with E-state index in [1.54, 1.807) is 0 Å². The number of ether oxygens (including phenoxy) is 4. The third-order valence-electron chi connectivity index (χ3n) is 8.16. The topological polar surface area (TPSA) is 95.1 Å². The highest BCUT2D eigenvalue weighted by atomic mass is 16.7. The molecule has 2 N–H and O–H groups in total. The van der Waals surface area contributed by atoms with Crippen molar-refractivity contribution in [3.05, 3.63) is 0 Å². The average molecular weight is 569 g/mol. The summed E-state index contributed by atoms with van der Waals surface area (Å²) in [7, 11) is 0. The summed E-state index contributed by atoms with van der Waals surface area (Å²) < 4.78 is 24.2. The quantitative estimate of drug-likeness (QED) is 0.189. The molecule has 0 bridgehead atoms. The van der Waals surface area contributed by atoms with Crippen molar-refractivity contribution in [3.63, 3.8) is 0 Å². The second kappa shape index (κ2) is 13.8. The van der Waals surface area contributed by atoms with E-state index in [0.29, 0.717) is 19.4 Å². The molecule has 234 valence electrons. The molecule has 0 saturated carbocycles. The number of piperidine rings is 1. The van der Waals surface area contributed by atoms with Gasteiger partial charge in [0.2, 0.25) is 0 Å². The van der Waals surface area contributed by atoms with Gasteiger partial charge in [0.05, 0.1) is 19.1 Å². The van der Waals surface area contributed by atoms with Crippen LogP contribution in [0.4, 0.5) is 0 Å². The fourth-order valence-electron chi connectivity index (χ4n) is 6.40. The molecule has 8 heteroatoms. The summed E-state index contributed by atoms with van der Waals surface area (Å²) in [5.41, 5.74) is -0.427. The molecule has 3 atom stereocenters. The Kier molecular flexibility index (Phi) is 12.1. The van der Waals surface area contributed by atoms with E-state index >= 15 is 0 Å². The van der Waals surface area contributed by atoms with Crippen LogP contribution in [-0.4, -0.2) is 64.8 Å². The van der Waals surface area contributed by atoms with Gasteiger partial charge in [0.1, 0.15) is 6.10 Å². The Morgan fingerprint density at radius 2 is 1.57 bits per heavy atom. The molecule has 2 saturated heterocycles. The number of nitrogens with one attached hydrogen (secondary N) is 2. The minimum Gasteiger partial charge on any atom is -0.464 e. The molecule has 2 aliphatic heterocycles. The normalized spacial score (nSPS) is 27.3. The summed E-state index contributed by atoms with van der Waals surface area (Å²) in [6.45, 7) is 23.6. The predicted octanol–water partition coefficient (Wildman–Crippen LogP) is 6.19. The Balaban J connectivity index is 2.02. The first-order valence-electron chi connectivity index (χ1n) is 15.6. The fraction of sp³-hybridized carbons (Fsp3) is 0.938. The maximum atomic E-state index is 13.2. The molecule has 0 radical (unpaired) electrons. The van der Waals surface area contributed by atoms with Gasteiger partial charge in [-0.25, -0.2) is 4.79 Å². The van der Waals surface area contributed by atoms with Crippen LogP contribution in [0.25, 0.3) is 0 Å². The molecule has 0 aromatic rings. The predicted molar refractivity (Wildman–Crippen MR) is 159 cm³/mol. The molecule has 2 fully saturated rings. The summed E-state index contributed by atoms with van der Waals surface area (Å²) in [4.78, 5) is 26.3. The van der Waals surface area contributed by atoms with E-state index in [-0.39, 0.29) is 47.1 Å². The maximum absolute atomic E-state index is 13.2. The molecule has 0 aromatic carbocycles. The zero-order valence-electron chi connectivity index (χ0n) is 27.5. The maximum Gasteiger partial charge on any atom is 0.335 e. The molecule has 3 unspecified atom stereocenters. The molecule has 0 spiro atoms. The minimum absolute atomic E-state index is 0.000889. The SMILES string of the molecule is CCCCCC1(C)OC(CC(=O)OC2CC(C)(C)NC(C)(C)C2)CC(C(=O)OCCC(C)(C)NC(C)(C)CC)O1. The molecular weight excluding hydrogens is 508 g/mol. The number of rotatable bonds is 14. The van der Waals surface area contributed by atoms with E-state index in [1.165, 1.54) is 0 Å². The Labute approximate surface area is 244 Å². The minimum atomic E-state index is -0.952. The van der Waals surface area contributed by atoms with E-state index in [1.807, 2.05) is 6.92 Å². The van der Waals surface area contributed by atoms with Crippen LogP contribution in [0.1, 0.15) is 140 Å². The highest BCUT2D eigenvalue weighted by Crippen LogP contribution is 2.35. The summed E-state index contributed by atoms with van der Waals surface area (Å²) >= 11 is 0.